The third kappa shape index (κ3) is 3.51. The average molecular weight is 271 g/mol. The van der Waals surface area contributed by atoms with Crippen LogP contribution in [-0.2, 0) is 0 Å². The zero-order valence-corrected chi connectivity index (χ0v) is 10.8. The van der Waals surface area contributed by atoms with E-state index in [4.69, 9.17) is 21.4 Å². The van der Waals surface area contributed by atoms with Crippen LogP contribution in [0.2, 0.25) is 5.02 Å². The Hall–Kier alpha value is -1.46. The van der Waals surface area contributed by atoms with Gasteiger partial charge in [-0.05, 0) is 25.6 Å². The molecular weight excluding hydrogens is 256 g/mol. The fourth-order valence-corrected chi connectivity index (χ4v) is 2.23. The summed E-state index contributed by atoms with van der Waals surface area (Å²) in [5.74, 6) is 0.589. The molecular formula is C12H15ClN2O3. The van der Waals surface area contributed by atoms with Crippen LogP contribution >= 0.6 is 11.6 Å². The Morgan fingerprint density at radius 3 is 2.94 bits per heavy atom. The summed E-state index contributed by atoms with van der Waals surface area (Å²) < 4.78 is 5.79. The number of amides is 1. The fourth-order valence-electron chi connectivity index (χ4n) is 2.01. The van der Waals surface area contributed by atoms with Crippen LogP contribution in [0.4, 0.5) is 10.5 Å². The average Bonchev–Trinajstić information content (AvgIpc) is 2.61. The maximum atomic E-state index is 10.6. The fraction of sp³-hybridized carbons (Fsp3) is 0.417. The van der Waals surface area contributed by atoms with Gasteiger partial charge in [-0.3, -0.25) is 5.32 Å². The van der Waals surface area contributed by atoms with Gasteiger partial charge in [0.05, 0.1) is 0 Å². The summed E-state index contributed by atoms with van der Waals surface area (Å²) in [4.78, 5) is 12.8. The number of nitrogens with zero attached hydrogens (tertiary/aromatic N) is 1. The Morgan fingerprint density at radius 2 is 2.33 bits per heavy atom. The second kappa shape index (κ2) is 5.46. The molecule has 1 heterocycles. The molecule has 1 unspecified atom stereocenters. The topological polar surface area (TPSA) is 61.8 Å². The maximum absolute atomic E-state index is 10.6. The monoisotopic (exact) mass is 270 g/mol. The van der Waals surface area contributed by atoms with Crippen LogP contribution in [0.3, 0.4) is 0 Å². The minimum absolute atomic E-state index is 0.131. The number of carboxylic acid groups (broad SMARTS) is 1. The highest BCUT2D eigenvalue weighted by Gasteiger charge is 2.21. The van der Waals surface area contributed by atoms with E-state index in [0.717, 1.165) is 19.5 Å². The first-order chi connectivity index (χ1) is 8.52. The van der Waals surface area contributed by atoms with Gasteiger partial charge in [0.2, 0.25) is 0 Å². The number of hydrogen-bond donors (Lipinski definition) is 2. The number of ether oxygens (including phenoxy) is 1. The van der Waals surface area contributed by atoms with E-state index in [0.29, 0.717) is 16.5 Å². The summed E-state index contributed by atoms with van der Waals surface area (Å²) in [7, 11) is 2.04. The molecule has 1 amide bonds. The number of benzene rings is 1. The molecule has 0 saturated carbocycles. The second-order valence-electron chi connectivity index (χ2n) is 4.40. The molecule has 0 aliphatic carbocycles. The Morgan fingerprint density at radius 1 is 1.56 bits per heavy atom. The van der Waals surface area contributed by atoms with Gasteiger partial charge in [-0.25, -0.2) is 4.79 Å². The van der Waals surface area contributed by atoms with E-state index in [1.165, 1.54) is 0 Å². The predicted octanol–water partition coefficient (Wildman–Crippen LogP) is 2.51. The zero-order valence-electron chi connectivity index (χ0n) is 10.0. The van der Waals surface area contributed by atoms with Crippen molar-refractivity contribution in [2.24, 2.45) is 0 Å². The first-order valence-corrected chi connectivity index (χ1v) is 6.06. The van der Waals surface area contributed by atoms with Gasteiger partial charge in [0.15, 0.2) is 0 Å². The van der Waals surface area contributed by atoms with Gasteiger partial charge in [0, 0.05) is 29.9 Å². The van der Waals surface area contributed by atoms with E-state index >= 15 is 0 Å². The lowest BCUT2D eigenvalue weighted by Crippen LogP contribution is -2.21. The number of likely N-dealkylation sites (tertiary alicyclic amines) is 1. The number of nitrogens with one attached hydrogen (secondary N) is 1. The standard InChI is InChI=1S/C12H15ClN2O3/c1-15-3-2-10(7-15)18-11-5-8(13)4-9(6-11)14-12(16)17/h4-6,10,14H,2-3,7H2,1H3,(H,16,17). The number of halogens is 1. The summed E-state index contributed by atoms with van der Waals surface area (Å²) in [5, 5.41) is 11.4. The third-order valence-corrected chi connectivity index (χ3v) is 2.99. The molecule has 0 spiro atoms. The molecule has 1 aliphatic rings. The molecule has 2 N–H and O–H groups in total. The molecule has 1 aromatic carbocycles. The summed E-state index contributed by atoms with van der Waals surface area (Å²) in [6.07, 6.45) is -0.0278. The summed E-state index contributed by atoms with van der Waals surface area (Å²) >= 11 is 5.92. The molecule has 5 nitrogen and oxygen atoms in total. The van der Waals surface area contributed by atoms with Crippen molar-refractivity contribution in [2.45, 2.75) is 12.5 Å². The lowest BCUT2D eigenvalue weighted by molar-refractivity contribution is 0.208. The van der Waals surface area contributed by atoms with Crippen LogP contribution < -0.4 is 10.1 Å². The summed E-state index contributed by atoms with van der Waals surface area (Å²) in [6, 6.07) is 4.87. The van der Waals surface area contributed by atoms with Gasteiger partial charge in [0.25, 0.3) is 0 Å². The molecule has 2 rings (SSSR count). The Labute approximate surface area is 110 Å². The van der Waals surface area contributed by atoms with Crippen LogP contribution in [-0.4, -0.2) is 42.3 Å². The van der Waals surface area contributed by atoms with Gasteiger partial charge >= 0.3 is 6.09 Å². The minimum Gasteiger partial charge on any atom is -0.489 e. The van der Waals surface area contributed by atoms with Crippen LogP contribution in [0.5, 0.6) is 5.75 Å². The molecule has 0 radical (unpaired) electrons. The molecule has 0 bridgehead atoms. The van der Waals surface area contributed by atoms with E-state index in [9.17, 15) is 4.79 Å². The normalized spacial score (nSPS) is 19.8. The molecule has 1 atom stereocenters. The smallest absolute Gasteiger partial charge is 0.409 e. The molecule has 18 heavy (non-hydrogen) atoms. The van der Waals surface area contributed by atoms with Crippen molar-refractivity contribution in [3.8, 4) is 5.75 Å². The first-order valence-electron chi connectivity index (χ1n) is 5.68. The maximum Gasteiger partial charge on any atom is 0.409 e. The largest absolute Gasteiger partial charge is 0.489 e. The molecule has 6 heteroatoms. The van der Waals surface area contributed by atoms with Gasteiger partial charge in [-0.2, -0.15) is 0 Å². The van der Waals surface area contributed by atoms with Crippen molar-refractivity contribution in [3.63, 3.8) is 0 Å². The van der Waals surface area contributed by atoms with Crippen molar-refractivity contribution in [2.75, 3.05) is 25.5 Å². The van der Waals surface area contributed by atoms with E-state index in [-0.39, 0.29) is 6.10 Å². The molecule has 98 valence electrons. The van der Waals surface area contributed by atoms with E-state index in [2.05, 4.69) is 10.2 Å². The van der Waals surface area contributed by atoms with Crippen molar-refractivity contribution < 1.29 is 14.6 Å². The third-order valence-electron chi connectivity index (χ3n) is 2.77. The summed E-state index contributed by atoms with van der Waals surface area (Å²) in [5.41, 5.74) is 0.413. The SMILES string of the molecule is CN1CCC(Oc2cc(Cl)cc(NC(=O)O)c2)C1. The number of anilines is 1. The van der Waals surface area contributed by atoms with E-state index in [1.807, 2.05) is 7.05 Å². The highest BCUT2D eigenvalue weighted by molar-refractivity contribution is 6.31. The van der Waals surface area contributed by atoms with Crippen molar-refractivity contribution in [1.29, 1.82) is 0 Å². The minimum atomic E-state index is -1.12. The lowest BCUT2D eigenvalue weighted by atomic mass is 10.2. The molecule has 1 fully saturated rings. The van der Waals surface area contributed by atoms with Crippen LogP contribution in [0.1, 0.15) is 6.42 Å². The van der Waals surface area contributed by atoms with Crippen molar-refractivity contribution >= 4 is 23.4 Å². The van der Waals surface area contributed by atoms with Crippen LogP contribution in [0, 0.1) is 0 Å². The predicted molar refractivity (Wildman–Crippen MR) is 69.6 cm³/mol. The number of likely N-dealkylation sites (N-methyl/N-ethyl adjacent to an activating group) is 1. The highest BCUT2D eigenvalue weighted by atomic mass is 35.5. The molecule has 1 aromatic rings. The zero-order chi connectivity index (χ0) is 13.1. The molecule has 1 aliphatic heterocycles. The van der Waals surface area contributed by atoms with E-state index in [1.54, 1.807) is 18.2 Å². The Kier molecular flexibility index (Phi) is 3.93. The van der Waals surface area contributed by atoms with E-state index < -0.39 is 6.09 Å². The Bertz CT molecular complexity index is 453. The van der Waals surface area contributed by atoms with Crippen molar-refractivity contribution in [3.05, 3.63) is 23.2 Å². The second-order valence-corrected chi connectivity index (χ2v) is 4.83. The van der Waals surface area contributed by atoms with Gasteiger partial charge in [-0.15, -0.1) is 0 Å². The van der Waals surface area contributed by atoms with Gasteiger partial charge in [-0.1, -0.05) is 11.6 Å². The number of hydrogen-bond acceptors (Lipinski definition) is 3. The van der Waals surface area contributed by atoms with Gasteiger partial charge < -0.3 is 14.7 Å². The number of rotatable bonds is 3. The first kappa shape index (κ1) is 13.0. The number of carbonyl (C=O) groups is 1. The quantitative estimate of drug-likeness (QED) is 0.886. The highest BCUT2D eigenvalue weighted by Crippen LogP contribution is 2.26. The van der Waals surface area contributed by atoms with Gasteiger partial charge in [0.1, 0.15) is 11.9 Å². The van der Waals surface area contributed by atoms with Crippen LogP contribution in [0.15, 0.2) is 18.2 Å². The van der Waals surface area contributed by atoms with Crippen LogP contribution in [0.25, 0.3) is 0 Å². The Balaban J connectivity index is 2.07. The lowest BCUT2D eigenvalue weighted by Gasteiger charge is -2.15. The summed E-state index contributed by atoms with van der Waals surface area (Å²) in [6.45, 7) is 1.87. The molecule has 1 saturated heterocycles. The molecule has 0 aromatic heterocycles. The van der Waals surface area contributed by atoms with Crippen molar-refractivity contribution in [1.82, 2.24) is 4.90 Å².